The fourth-order valence-electron chi connectivity index (χ4n) is 2.21. The van der Waals surface area contributed by atoms with Crippen molar-refractivity contribution in [2.24, 2.45) is 5.73 Å². The van der Waals surface area contributed by atoms with Gasteiger partial charge in [-0.3, -0.25) is 4.98 Å². The van der Waals surface area contributed by atoms with Crippen LogP contribution in [0.5, 0.6) is 0 Å². The van der Waals surface area contributed by atoms with Gasteiger partial charge in [0.1, 0.15) is 11.5 Å². The Bertz CT molecular complexity index is 670. The molecule has 0 aliphatic rings. The number of anilines is 1. The van der Waals surface area contributed by atoms with Crippen LogP contribution in [0.1, 0.15) is 12.5 Å². The molecule has 112 valence electrons. The van der Waals surface area contributed by atoms with Gasteiger partial charge in [-0.1, -0.05) is 30.4 Å². The van der Waals surface area contributed by atoms with E-state index in [-0.39, 0.29) is 11.5 Å². The Morgan fingerprint density at radius 1 is 1.33 bits per heavy atom. The average molecular weight is 313 g/mol. The minimum atomic E-state index is -4.31. The van der Waals surface area contributed by atoms with Crippen LogP contribution < -0.4 is 10.6 Å². The number of aromatic nitrogens is 1. The standard InChI is InChI=1S/C14H14F3N3S/c1-2-20(8-14(15,16)17)12-9-5-3-4-6-11(9)19-7-10(12)13(18)21/h3-7H,2,8H2,1H3,(H2,18,21). The topological polar surface area (TPSA) is 42.1 Å². The first-order valence-corrected chi connectivity index (χ1v) is 6.73. The van der Waals surface area contributed by atoms with Crippen molar-refractivity contribution in [1.29, 1.82) is 0 Å². The van der Waals surface area contributed by atoms with Crippen LogP contribution in [0.3, 0.4) is 0 Å². The smallest absolute Gasteiger partial charge is 0.389 e. The summed E-state index contributed by atoms with van der Waals surface area (Å²) in [5.74, 6) is 0. The molecule has 21 heavy (non-hydrogen) atoms. The zero-order valence-electron chi connectivity index (χ0n) is 11.3. The lowest BCUT2D eigenvalue weighted by atomic mass is 10.1. The van der Waals surface area contributed by atoms with Gasteiger partial charge in [-0.2, -0.15) is 13.2 Å². The van der Waals surface area contributed by atoms with E-state index < -0.39 is 12.7 Å². The predicted octanol–water partition coefficient (Wildman–Crippen LogP) is 3.26. The van der Waals surface area contributed by atoms with Gasteiger partial charge in [0.25, 0.3) is 0 Å². The van der Waals surface area contributed by atoms with Crippen molar-refractivity contribution in [3.63, 3.8) is 0 Å². The van der Waals surface area contributed by atoms with Gasteiger partial charge in [0.15, 0.2) is 0 Å². The fourth-order valence-corrected chi connectivity index (χ4v) is 2.36. The number of para-hydroxylation sites is 1. The van der Waals surface area contributed by atoms with Crippen LogP contribution in [-0.4, -0.2) is 29.2 Å². The van der Waals surface area contributed by atoms with Crippen molar-refractivity contribution in [2.45, 2.75) is 13.1 Å². The molecule has 0 amide bonds. The Balaban J connectivity index is 2.67. The summed E-state index contributed by atoms with van der Waals surface area (Å²) in [5, 5.41) is 0.605. The molecule has 7 heteroatoms. The lowest BCUT2D eigenvalue weighted by Gasteiger charge is -2.27. The second kappa shape index (κ2) is 5.85. The number of rotatable bonds is 4. The highest BCUT2D eigenvalue weighted by Gasteiger charge is 2.32. The van der Waals surface area contributed by atoms with E-state index in [1.165, 1.54) is 11.1 Å². The van der Waals surface area contributed by atoms with E-state index in [1.807, 2.05) is 0 Å². The number of fused-ring (bicyclic) bond motifs is 1. The third-order valence-corrected chi connectivity index (χ3v) is 3.30. The van der Waals surface area contributed by atoms with Gasteiger partial charge in [0.05, 0.1) is 16.8 Å². The highest BCUT2D eigenvalue weighted by atomic mass is 32.1. The summed E-state index contributed by atoms with van der Waals surface area (Å²) in [5.41, 5.74) is 6.99. The summed E-state index contributed by atoms with van der Waals surface area (Å²) in [4.78, 5) is 5.45. The van der Waals surface area contributed by atoms with E-state index in [9.17, 15) is 13.2 Å². The van der Waals surface area contributed by atoms with E-state index in [0.29, 0.717) is 22.2 Å². The molecule has 0 atom stereocenters. The number of halogens is 3. The van der Waals surface area contributed by atoms with Gasteiger partial charge in [0, 0.05) is 18.1 Å². The lowest BCUT2D eigenvalue weighted by molar-refractivity contribution is -0.119. The normalized spacial score (nSPS) is 11.6. The molecule has 0 fully saturated rings. The molecular weight excluding hydrogens is 299 g/mol. The zero-order valence-corrected chi connectivity index (χ0v) is 12.1. The van der Waals surface area contributed by atoms with Gasteiger partial charge in [-0.05, 0) is 13.0 Å². The number of thiocarbonyl (C=S) groups is 1. The summed E-state index contributed by atoms with van der Waals surface area (Å²) in [7, 11) is 0. The molecule has 2 rings (SSSR count). The Hall–Kier alpha value is -1.89. The number of pyridine rings is 1. The molecule has 1 aromatic carbocycles. The quantitative estimate of drug-likeness (QED) is 0.880. The maximum atomic E-state index is 12.8. The highest BCUT2D eigenvalue weighted by Crippen LogP contribution is 2.31. The van der Waals surface area contributed by atoms with Gasteiger partial charge < -0.3 is 10.6 Å². The minimum Gasteiger partial charge on any atom is -0.389 e. The Morgan fingerprint density at radius 3 is 2.57 bits per heavy atom. The summed E-state index contributed by atoms with van der Waals surface area (Å²) in [6.07, 6.45) is -2.88. The molecule has 2 aromatic rings. The second-order valence-electron chi connectivity index (χ2n) is 4.53. The van der Waals surface area contributed by atoms with Crippen LogP contribution >= 0.6 is 12.2 Å². The molecule has 2 N–H and O–H groups in total. The second-order valence-corrected chi connectivity index (χ2v) is 4.97. The summed E-state index contributed by atoms with van der Waals surface area (Å²) < 4.78 is 38.4. The number of hydrogen-bond donors (Lipinski definition) is 1. The van der Waals surface area contributed by atoms with Gasteiger partial charge in [-0.15, -0.1) is 0 Å². The molecule has 1 heterocycles. The SMILES string of the molecule is CCN(CC(F)(F)F)c1c(C(N)=S)cnc2ccccc12. The van der Waals surface area contributed by atoms with Crippen LogP contribution in [0.15, 0.2) is 30.5 Å². The van der Waals surface area contributed by atoms with Crippen molar-refractivity contribution in [1.82, 2.24) is 4.98 Å². The van der Waals surface area contributed by atoms with E-state index in [4.69, 9.17) is 18.0 Å². The maximum Gasteiger partial charge on any atom is 0.405 e. The van der Waals surface area contributed by atoms with Crippen molar-refractivity contribution in [2.75, 3.05) is 18.0 Å². The van der Waals surface area contributed by atoms with E-state index in [0.717, 1.165) is 0 Å². The molecule has 0 saturated heterocycles. The molecule has 0 spiro atoms. The van der Waals surface area contributed by atoms with Gasteiger partial charge >= 0.3 is 6.18 Å². The molecule has 3 nitrogen and oxygen atoms in total. The fraction of sp³-hybridized carbons (Fsp3) is 0.286. The summed E-state index contributed by atoms with van der Waals surface area (Å²) in [6.45, 7) is 0.778. The molecule has 0 bridgehead atoms. The van der Waals surface area contributed by atoms with Crippen LogP contribution in [0.4, 0.5) is 18.9 Å². The molecule has 0 aliphatic carbocycles. The largest absolute Gasteiger partial charge is 0.405 e. The maximum absolute atomic E-state index is 12.8. The van der Waals surface area contributed by atoms with E-state index in [1.54, 1.807) is 31.2 Å². The first-order chi connectivity index (χ1) is 9.83. The number of nitrogens with two attached hydrogens (primary N) is 1. The lowest BCUT2D eigenvalue weighted by Crippen LogP contribution is -2.35. The average Bonchev–Trinajstić information content (AvgIpc) is 2.42. The highest BCUT2D eigenvalue weighted by molar-refractivity contribution is 7.80. The van der Waals surface area contributed by atoms with Crippen molar-refractivity contribution in [3.8, 4) is 0 Å². The third-order valence-electron chi connectivity index (χ3n) is 3.08. The molecule has 1 aromatic heterocycles. The third kappa shape index (κ3) is 3.41. The Morgan fingerprint density at radius 2 is 2.00 bits per heavy atom. The number of alkyl halides is 3. The molecule has 0 saturated carbocycles. The Labute approximate surface area is 125 Å². The monoisotopic (exact) mass is 313 g/mol. The predicted molar refractivity (Wildman–Crippen MR) is 81.6 cm³/mol. The molecule has 0 aliphatic heterocycles. The minimum absolute atomic E-state index is 0.0314. The number of benzene rings is 1. The molecule has 0 radical (unpaired) electrons. The summed E-state index contributed by atoms with van der Waals surface area (Å²) >= 11 is 4.95. The van der Waals surface area contributed by atoms with Crippen LogP contribution in [-0.2, 0) is 0 Å². The number of hydrogen-bond acceptors (Lipinski definition) is 3. The van der Waals surface area contributed by atoms with E-state index in [2.05, 4.69) is 4.98 Å². The van der Waals surface area contributed by atoms with Crippen LogP contribution in [0, 0.1) is 0 Å². The molecule has 0 unspecified atom stereocenters. The van der Waals surface area contributed by atoms with Crippen LogP contribution in [0.2, 0.25) is 0 Å². The zero-order chi connectivity index (χ0) is 15.6. The van der Waals surface area contributed by atoms with Crippen LogP contribution in [0.25, 0.3) is 10.9 Å². The Kier molecular flexibility index (Phi) is 4.32. The van der Waals surface area contributed by atoms with Crippen molar-refractivity contribution < 1.29 is 13.2 Å². The first-order valence-electron chi connectivity index (χ1n) is 6.32. The number of nitrogens with zero attached hydrogens (tertiary/aromatic N) is 2. The van der Waals surface area contributed by atoms with E-state index >= 15 is 0 Å². The molecular formula is C14H14F3N3S. The van der Waals surface area contributed by atoms with Gasteiger partial charge in [0.2, 0.25) is 0 Å². The first kappa shape index (κ1) is 15.5. The van der Waals surface area contributed by atoms with Crippen molar-refractivity contribution in [3.05, 3.63) is 36.0 Å². The summed E-state index contributed by atoms with van der Waals surface area (Å²) in [6, 6.07) is 6.99. The van der Waals surface area contributed by atoms with Crippen molar-refractivity contribution >= 4 is 33.8 Å². The van der Waals surface area contributed by atoms with Gasteiger partial charge in [-0.25, -0.2) is 0 Å².